The van der Waals surface area contributed by atoms with E-state index in [9.17, 15) is 5.11 Å². The van der Waals surface area contributed by atoms with Crippen molar-refractivity contribution in [2.24, 2.45) is 0 Å². The fourth-order valence-electron chi connectivity index (χ4n) is 0.789. The molecule has 4 heteroatoms. The van der Waals surface area contributed by atoms with Crippen molar-refractivity contribution in [3.8, 4) is 0 Å². The molecule has 11 heavy (non-hydrogen) atoms. The van der Waals surface area contributed by atoms with Crippen LogP contribution in [0.1, 0.15) is 6.92 Å². The van der Waals surface area contributed by atoms with Gasteiger partial charge in [0.2, 0.25) is 0 Å². The zero-order valence-corrected chi connectivity index (χ0v) is 7.65. The Bertz CT molecular complexity index is 121. The summed E-state index contributed by atoms with van der Waals surface area (Å²) in [5, 5.41) is 18.3. The fraction of sp³-hybridized carbons (Fsp3) is 0.857. The van der Waals surface area contributed by atoms with Gasteiger partial charge in [-0.15, -0.1) is 0 Å². The van der Waals surface area contributed by atoms with Gasteiger partial charge in [-0.1, -0.05) is 0 Å². The summed E-state index contributed by atoms with van der Waals surface area (Å²) in [5.41, 5.74) is -1.86. The summed E-state index contributed by atoms with van der Waals surface area (Å²) in [7, 11) is 5.16. The van der Waals surface area contributed by atoms with E-state index in [2.05, 4.69) is 22.9 Å². The first-order valence-corrected chi connectivity index (χ1v) is 3.58. The Kier molecular flexibility index (Phi) is 3.44. The van der Waals surface area contributed by atoms with Crippen LogP contribution in [-0.2, 0) is 0 Å². The van der Waals surface area contributed by atoms with Crippen LogP contribution >= 0.6 is 0 Å². The molecule has 0 aliphatic carbocycles. The van der Waals surface area contributed by atoms with E-state index in [4.69, 9.17) is 0 Å². The Morgan fingerprint density at radius 2 is 1.45 bits per heavy atom. The SMILES string of the molecule is [CH2]C(O)(NC)C(C)(NC)NC. The maximum absolute atomic E-state index is 9.70. The molecule has 0 fully saturated rings. The van der Waals surface area contributed by atoms with Gasteiger partial charge in [0.25, 0.3) is 0 Å². The Morgan fingerprint density at radius 1 is 1.09 bits per heavy atom. The van der Waals surface area contributed by atoms with E-state index in [1.165, 1.54) is 0 Å². The quantitative estimate of drug-likeness (QED) is 0.394. The van der Waals surface area contributed by atoms with Gasteiger partial charge in [0.05, 0.1) is 0 Å². The zero-order valence-electron chi connectivity index (χ0n) is 7.65. The van der Waals surface area contributed by atoms with Crippen molar-refractivity contribution in [2.75, 3.05) is 21.1 Å². The molecule has 0 saturated carbocycles. The minimum atomic E-state index is -1.23. The molecule has 0 aromatic rings. The van der Waals surface area contributed by atoms with Crippen LogP contribution in [0.4, 0.5) is 0 Å². The highest BCUT2D eigenvalue weighted by molar-refractivity contribution is 4.98. The smallest absolute Gasteiger partial charge is 0.147 e. The molecule has 67 valence electrons. The number of hydrogen-bond donors (Lipinski definition) is 4. The lowest BCUT2D eigenvalue weighted by Gasteiger charge is -2.41. The summed E-state index contributed by atoms with van der Waals surface area (Å²) in [4.78, 5) is 0. The van der Waals surface area contributed by atoms with E-state index in [0.29, 0.717) is 0 Å². The van der Waals surface area contributed by atoms with Gasteiger partial charge >= 0.3 is 0 Å². The normalized spacial score (nSPS) is 18.0. The van der Waals surface area contributed by atoms with Gasteiger partial charge in [-0.05, 0) is 35.0 Å². The lowest BCUT2D eigenvalue weighted by atomic mass is 10.0. The monoisotopic (exact) mass is 160 g/mol. The first-order valence-electron chi connectivity index (χ1n) is 3.58. The molecule has 1 radical (unpaired) electrons. The Hall–Kier alpha value is -0.160. The second kappa shape index (κ2) is 3.49. The van der Waals surface area contributed by atoms with Crippen LogP contribution in [0.15, 0.2) is 0 Å². The molecular weight excluding hydrogens is 142 g/mol. The first-order chi connectivity index (χ1) is 4.93. The van der Waals surface area contributed by atoms with Gasteiger partial charge in [0.15, 0.2) is 0 Å². The lowest BCUT2D eigenvalue weighted by molar-refractivity contribution is -0.0388. The molecule has 0 aliphatic rings. The predicted octanol–water partition coefficient (Wildman–Crippen LogP) is -1.12. The number of nitrogens with one attached hydrogen (secondary N) is 3. The summed E-state index contributed by atoms with van der Waals surface area (Å²) < 4.78 is 0. The van der Waals surface area contributed by atoms with E-state index in [1.807, 2.05) is 6.92 Å². The predicted molar refractivity (Wildman–Crippen MR) is 45.9 cm³/mol. The minimum absolute atomic E-state index is 0.637. The second-order valence-corrected chi connectivity index (χ2v) is 2.74. The lowest BCUT2D eigenvalue weighted by Crippen LogP contribution is -2.71. The molecule has 0 heterocycles. The second-order valence-electron chi connectivity index (χ2n) is 2.74. The number of rotatable bonds is 4. The molecule has 0 amide bonds. The zero-order chi connectivity index (χ0) is 9.12. The van der Waals surface area contributed by atoms with Gasteiger partial charge in [-0.2, -0.15) is 0 Å². The number of aliphatic hydroxyl groups is 1. The van der Waals surface area contributed by atoms with Crippen LogP contribution in [-0.4, -0.2) is 37.6 Å². The molecule has 0 aliphatic heterocycles. The van der Waals surface area contributed by atoms with Gasteiger partial charge in [-0.25, -0.2) is 0 Å². The van der Waals surface area contributed by atoms with Gasteiger partial charge in [-0.3, -0.25) is 16.0 Å². The molecule has 0 saturated heterocycles. The largest absolute Gasteiger partial charge is 0.372 e. The molecule has 0 bridgehead atoms. The maximum Gasteiger partial charge on any atom is 0.147 e. The summed E-state index contributed by atoms with van der Waals surface area (Å²) in [6.07, 6.45) is 0. The average molecular weight is 160 g/mol. The van der Waals surface area contributed by atoms with Crippen molar-refractivity contribution >= 4 is 0 Å². The Labute approximate surface area is 68.4 Å². The van der Waals surface area contributed by atoms with Crippen molar-refractivity contribution in [1.82, 2.24) is 16.0 Å². The van der Waals surface area contributed by atoms with Crippen LogP contribution in [0.25, 0.3) is 0 Å². The fourth-order valence-corrected chi connectivity index (χ4v) is 0.789. The van der Waals surface area contributed by atoms with Crippen molar-refractivity contribution in [1.29, 1.82) is 0 Å². The molecular formula is C7H18N3O. The molecule has 4 N–H and O–H groups in total. The molecule has 0 rings (SSSR count). The van der Waals surface area contributed by atoms with Crippen molar-refractivity contribution in [3.63, 3.8) is 0 Å². The van der Waals surface area contributed by atoms with Crippen molar-refractivity contribution in [2.45, 2.75) is 18.3 Å². The summed E-state index contributed by atoms with van der Waals surface area (Å²) >= 11 is 0. The third-order valence-electron chi connectivity index (χ3n) is 2.24. The van der Waals surface area contributed by atoms with Gasteiger partial charge in [0.1, 0.15) is 11.4 Å². The number of likely N-dealkylation sites (N-methyl/N-ethyl adjacent to an activating group) is 3. The van der Waals surface area contributed by atoms with Crippen LogP contribution in [0.5, 0.6) is 0 Å². The standard InChI is InChI=1S/C7H18N3O/c1-6(8-3,9-4)7(2,11)10-5/h8-11H,2H2,1,3-5H3. The van der Waals surface area contributed by atoms with Crippen molar-refractivity contribution < 1.29 is 5.11 Å². The Morgan fingerprint density at radius 3 is 1.55 bits per heavy atom. The molecule has 1 atom stereocenters. The van der Waals surface area contributed by atoms with Gasteiger partial charge < -0.3 is 5.11 Å². The van der Waals surface area contributed by atoms with Crippen molar-refractivity contribution in [3.05, 3.63) is 6.92 Å². The van der Waals surface area contributed by atoms with Crippen LogP contribution in [0, 0.1) is 6.92 Å². The molecule has 0 aromatic carbocycles. The average Bonchev–Trinajstić information content (AvgIpc) is 2.02. The van der Waals surface area contributed by atoms with E-state index in [-0.39, 0.29) is 0 Å². The van der Waals surface area contributed by atoms with Gasteiger partial charge in [0, 0.05) is 0 Å². The van der Waals surface area contributed by atoms with E-state index < -0.39 is 11.4 Å². The molecule has 0 spiro atoms. The summed E-state index contributed by atoms with van der Waals surface area (Å²) in [6.45, 7) is 5.44. The summed E-state index contributed by atoms with van der Waals surface area (Å²) in [5.74, 6) is 0. The summed E-state index contributed by atoms with van der Waals surface area (Å²) in [6, 6.07) is 0. The minimum Gasteiger partial charge on any atom is -0.372 e. The third kappa shape index (κ3) is 1.90. The third-order valence-corrected chi connectivity index (χ3v) is 2.24. The molecule has 1 unspecified atom stereocenters. The highest BCUT2D eigenvalue weighted by Gasteiger charge is 2.39. The molecule has 4 nitrogen and oxygen atoms in total. The number of hydrogen-bond acceptors (Lipinski definition) is 4. The maximum atomic E-state index is 9.70. The van der Waals surface area contributed by atoms with Crippen LogP contribution < -0.4 is 16.0 Å². The first kappa shape index (κ1) is 10.8. The van der Waals surface area contributed by atoms with Crippen LogP contribution in [0.3, 0.4) is 0 Å². The highest BCUT2D eigenvalue weighted by atomic mass is 16.3. The van der Waals surface area contributed by atoms with E-state index in [1.54, 1.807) is 21.1 Å². The van der Waals surface area contributed by atoms with E-state index in [0.717, 1.165) is 0 Å². The topological polar surface area (TPSA) is 56.3 Å². The Balaban J connectivity index is 4.47. The van der Waals surface area contributed by atoms with Crippen LogP contribution in [0.2, 0.25) is 0 Å². The molecule has 0 aromatic heterocycles. The van der Waals surface area contributed by atoms with E-state index >= 15 is 0 Å². The highest BCUT2D eigenvalue weighted by Crippen LogP contribution is 2.13.